The minimum Gasteiger partial charge on any atom is -0.493 e. The minimum atomic E-state index is -2.93. The lowest BCUT2D eigenvalue weighted by atomic mass is 10.2. The maximum Gasteiger partial charge on any atom is 0.387 e. The molecule has 1 aromatic heterocycles. The third-order valence-electron chi connectivity index (χ3n) is 3.28. The number of aryl methyl sites for hydroxylation is 1. The van der Waals surface area contributed by atoms with Crippen molar-refractivity contribution < 1.29 is 23.0 Å². The molecular weight excluding hydrogens is 354 g/mol. The molecule has 0 spiro atoms. The summed E-state index contributed by atoms with van der Waals surface area (Å²) in [6.07, 6.45) is 1.56. The first-order chi connectivity index (χ1) is 11.9. The van der Waals surface area contributed by atoms with Gasteiger partial charge in [-0.1, -0.05) is 17.8 Å². The van der Waals surface area contributed by atoms with Gasteiger partial charge in [0, 0.05) is 20.6 Å². The standard InChI is InChI=1S/C15H18F2N4O3S/c1-20(13(22)8-25-15-19-18-9-21(15)2)7-10-4-5-11(24-14(16)17)12(6-10)23-3/h4-6,9,14H,7-8H2,1-3H3. The van der Waals surface area contributed by atoms with E-state index in [9.17, 15) is 13.6 Å². The Labute approximate surface area is 147 Å². The van der Waals surface area contributed by atoms with Gasteiger partial charge in [0.2, 0.25) is 5.91 Å². The summed E-state index contributed by atoms with van der Waals surface area (Å²) in [7, 11) is 4.82. The van der Waals surface area contributed by atoms with Crippen LogP contribution in [0.3, 0.4) is 0 Å². The summed E-state index contributed by atoms with van der Waals surface area (Å²) in [4.78, 5) is 13.7. The molecule has 136 valence electrons. The molecule has 0 atom stereocenters. The number of hydrogen-bond acceptors (Lipinski definition) is 6. The summed E-state index contributed by atoms with van der Waals surface area (Å²) < 4.78 is 35.8. The molecule has 0 aliphatic rings. The fourth-order valence-electron chi connectivity index (χ4n) is 2.01. The number of nitrogens with zero attached hydrogens (tertiary/aromatic N) is 4. The smallest absolute Gasteiger partial charge is 0.387 e. The molecule has 0 fully saturated rings. The van der Waals surface area contributed by atoms with Crippen LogP contribution in [0.15, 0.2) is 29.7 Å². The quantitative estimate of drug-likeness (QED) is 0.662. The van der Waals surface area contributed by atoms with E-state index in [0.29, 0.717) is 11.7 Å². The van der Waals surface area contributed by atoms with Gasteiger partial charge in [-0.3, -0.25) is 4.79 Å². The number of thioether (sulfide) groups is 1. The average molecular weight is 372 g/mol. The van der Waals surface area contributed by atoms with E-state index in [1.165, 1.54) is 29.8 Å². The van der Waals surface area contributed by atoms with Crippen LogP contribution in [0.25, 0.3) is 0 Å². The van der Waals surface area contributed by atoms with Crippen LogP contribution in [0.2, 0.25) is 0 Å². The van der Waals surface area contributed by atoms with E-state index >= 15 is 0 Å². The summed E-state index contributed by atoms with van der Waals surface area (Å²) >= 11 is 1.29. The van der Waals surface area contributed by atoms with Crippen molar-refractivity contribution in [2.24, 2.45) is 7.05 Å². The second kappa shape index (κ2) is 8.65. The van der Waals surface area contributed by atoms with Crippen LogP contribution in [-0.2, 0) is 18.4 Å². The second-order valence-corrected chi connectivity index (χ2v) is 6.07. The van der Waals surface area contributed by atoms with Gasteiger partial charge in [-0.25, -0.2) is 0 Å². The van der Waals surface area contributed by atoms with Gasteiger partial charge in [-0.05, 0) is 17.7 Å². The maximum absolute atomic E-state index is 12.3. The van der Waals surface area contributed by atoms with Crippen molar-refractivity contribution >= 4 is 17.7 Å². The molecular formula is C15H18F2N4O3S. The number of carbonyl (C=O) groups excluding carboxylic acids is 1. The van der Waals surface area contributed by atoms with Gasteiger partial charge in [0.25, 0.3) is 0 Å². The molecule has 0 saturated heterocycles. The van der Waals surface area contributed by atoms with Crippen LogP contribution in [0.4, 0.5) is 8.78 Å². The molecule has 2 rings (SSSR count). The largest absolute Gasteiger partial charge is 0.493 e. The number of aromatic nitrogens is 3. The van der Waals surface area contributed by atoms with Crippen LogP contribution < -0.4 is 9.47 Å². The predicted molar refractivity (Wildman–Crippen MR) is 87.8 cm³/mol. The Bertz CT molecular complexity index is 727. The molecule has 1 aromatic carbocycles. The Hall–Kier alpha value is -2.36. The van der Waals surface area contributed by atoms with Gasteiger partial charge in [0.05, 0.1) is 12.9 Å². The van der Waals surface area contributed by atoms with Gasteiger partial charge in [0.1, 0.15) is 6.33 Å². The van der Waals surface area contributed by atoms with Crippen LogP contribution >= 0.6 is 11.8 Å². The Kier molecular flexibility index (Phi) is 6.57. The summed E-state index contributed by atoms with van der Waals surface area (Å²) in [5.41, 5.74) is 0.734. The monoisotopic (exact) mass is 372 g/mol. The zero-order valence-electron chi connectivity index (χ0n) is 14.0. The van der Waals surface area contributed by atoms with Crippen LogP contribution in [0, 0.1) is 0 Å². The van der Waals surface area contributed by atoms with E-state index in [1.807, 2.05) is 0 Å². The molecule has 0 radical (unpaired) electrons. The van der Waals surface area contributed by atoms with Crippen molar-refractivity contribution in [3.8, 4) is 11.5 Å². The molecule has 10 heteroatoms. The minimum absolute atomic E-state index is 0.0481. The highest BCUT2D eigenvalue weighted by Gasteiger charge is 2.15. The van der Waals surface area contributed by atoms with Crippen molar-refractivity contribution in [3.05, 3.63) is 30.1 Å². The lowest BCUT2D eigenvalue weighted by Crippen LogP contribution is -2.27. The number of halogens is 2. The number of rotatable bonds is 8. The molecule has 0 N–H and O–H groups in total. The van der Waals surface area contributed by atoms with Crippen LogP contribution in [-0.4, -0.2) is 52.1 Å². The third-order valence-corrected chi connectivity index (χ3v) is 4.30. The highest BCUT2D eigenvalue weighted by atomic mass is 32.2. The SMILES string of the molecule is COc1cc(CN(C)C(=O)CSc2nncn2C)ccc1OC(F)F. The highest BCUT2D eigenvalue weighted by molar-refractivity contribution is 7.99. The molecule has 7 nitrogen and oxygen atoms in total. The van der Waals surface area contributed by atoms with Gasteiger partial charge < -0.3 is 18.9 Å². The number of amides is 1. The number of carbonyl (C=O) groups is 1. The van der Waals surface area contributed by atoms with Gasteiger partial charge in [0.15, 0.2) is 16.7 Å². The lowest BCUT2D eigenvalue weighted by Gasteiger charge is -2.18. The molecule has 0 unspecified atom stereocenters. The lowest BCUT2D eigenvalue weighted by molar-refractivity contribution is -0.127. The Balaban J connectivity index is 1.95. The molecule has 1 amide bonds. The number of methoxy groups -OCH3 is 1. The second-order valence-electron chi connectivity index (χ2n) is 5.13. The molecule has 25 heavy (non-hydrogen) atoms. The fraction of sp³-hybridized carbons (Fsp3) is 0.400. The summed E-state index contributed by atoms with van der Waals surface area (Å²) in [6, 6.07) is 4.57. The topological polar surface area (TPSA) is 69.5 Å². The van der Waals surface area contributed by atoms with Crippen molar-refractivity contribution in [2.75, 3.05) is 19.9 Å². The molecule has 0 saturated carbocycles. The zero-order chi connectivity index (χ0) is 18.4. The molecule has 1 heterocycles. The predicted octanol–water partition coefficient (Wildman–Crippen LogP) is 2.18. The molecule has 0 bridgehead atoms. The Morgan fingerprint density at radius 2 is 2.16 bits per heavy atom. The van der Waals surface area contributed by atoms with Gasteiger partial charge >= 0.3 is 6.61 Å². The van der Waals surface area contributed by atoms with E-state index in [1.54, 1.807) is 37.1 Å². The maximum atomic E-state index is 12.3. The van der Waals surface area contributed by atoms with E-state index in [0.717, 1.165) is 5.56 Å². The number of ether oxygens (including phenoxy) is 2. The molecule has 2 aromatic rings. The summed E-state index contributed by atoms with van der Waals surface area (Å²) in [5, 5.41) is 8.30. The van der Waals surface area contributed by atoms with Crippen molar-refractivity contribution in [1.29, 1.82) is 0 Å². The summed E-state index contributed by atoms with van der Waals surface area (Å²) in [6.45, 7) is -2.62. The first-order valence-corrected chi connectivity index (χ1v) is 8.21. The zero-order valence-corrected chi connectivity index (χ0v) is 14.8. The van der Waals surface area contributed by atoms with Gasteiger partial charge in [-0.15, -0.1) is 10.2 Å². The Morgan fingerprint density at radius 1 is 1.40 bits per heavy atom. The van der Waals surface area contributed by atoms with E-state index in [2.05, 4.69) is 14.9 Å². The number of benzene rings is 1. The normalized spacial score (nSPS) is 10.8. The van der Waals surface area contributed by atoms with Crippen molar-refractivity contribution in [2.45, 2.75) is 18.3 Å². The van der Waals surface area contributed by atoms with E-state index < -0.39 is 6.61 Å². The Morgan fingerprint density at radius 3 is 2.76 bits per heavy atom. The van der Waals surface area contributed by atoms with Crippen molar-refractivity contribution in [3.63, 3.8) is 0 Å². The fourth-order valence-corrected chi connectivity index (χ4v) is 2.83. The van der Waals surface area contributed by atoms with E-state index in [4.69, 9.17) is 4.74 Å². The van der Waals surface area contributed by atoms with Crippen LogP contribution in [0.1, 0.15) is 5.56 Å². The summed E-state index contributed by atoms with van der Waals surface area (Å²) in [5.74, 6) is 0.257. The number of alkyl halides is 2. The molecule has 0 aliphatic heterocycles. The first-order valence-electron chi connectivity index (χ1n) is 7.23. The van der Waals surface area contributed by atoms with E-state index in [-0.39, 0.29) is 23.2 Å². The van der Waals surface area contributed by atoms with Gasteiger partial charge in [-0.2, -0.15) is 8.78 Å². The van der Waals surface area contributed by atoms with Crippen LogP contribution in [0.5, 0.6) is 11.5 Å². The average Bonchev–Trinajstić information content (AvgIpc) is 2.98. The molecule has 0 aliphatic carbocycles. The van der Waals surface area contributed by atoms with Crippen molar-refractivity contribution in [1.82, 2.24) is 19.7 Å². The first kappa shape index (κ1) is 19.0. The highest BCUT2D eigenvalue weighted by Crippen LogP contribution is 2.29. The number of hydrogen-bond donors (Lipinski definition) is 0. The third kappa shape index (κ3) is 5.31.